The molecule has 1 atom stereocenters. The van der Waals surface area contributed by atoms with E-state index in [0.717, 1.165) is 26.1 Å². The van der Waals surface area contributed by atoms with E-state index in [4.69, 9.17) is 0 Å². The van der Waals surface area contributed by atoms with E-state index >= 15 is 0 Å². The fourth-order valence-electron chi connectivity index (χ4n) is 4.55. The molecule has 2 N–H and O–H groups in total. The molecule has 5 heteroatoms. The summed E-state index contributed by atoms with van der Waals surface area (Å²) in [5.41, 5.74) is 4.36. The van der Waals surface area contributed by atoms with Crippen LogP contribution in [0.15, 0.2) is 48.5 Å². The molecule has 1 saturated heterocycles. The van der Waals surface area contributed by atoms with Crippen molar-refractivity contribution in [3.05, 3.63) is 71.2 Å². The van der Waals surface area contributed by atoms with Crippen LogP contribution >= 0.6 is 0 Å². The molecule has 4 rings (SSSR count). The van der Waals surface area contributed by atoms with Gasteiger partial charge in [-0.1, -0.05) is 36.4 Å². The Hall–Kier alpha value is -2.66. The number of carbonyl (C=O) groups excluding carboxylic acids is 1. The molecule has 1 fully saturated rings. The summed E-state index contributed by atoms with van der Waals surface area (Å²) < 4.78 is 13.7. The maximum Gasteiger partial charge on any atom is 0.220 e. The number of rotatable bonds is 7. The van der Waals surface area contributed by atoms with Gasteiger partial charge in [-0.2, -0.15) is 0 Å². The molecule has 0 spiro atoms. The predicted octanol–water partition coefficient (Wildman–Crippen LogP) is 4.92. The molecule has 0 bridgehead atoms. The van der Waals surface area contributed by atoms with Crippen molar-refractivity contribution in [1.82, 2.24) is 15.2 Å². The highest BCUT2D eigenvalue weighted by molar-refractivity contribution is 5.84. The first-order valence-corrected chi connectivity index (χ1v) is 10.9. The third kappa shape index (κ3) is 4.90. The Balaban J connectivity index is 1.27. The molecular formula is C25H30FN3O. The molecule has 1 aromatic heterocycles. The topological polar surface area (TPSA) is 48.1 Å². The highest BCUT2D eigenvalue weighted by atomic mass is 19.1. The predicted molar refractivity (Wildman–Crippen MR) is 119 cm³/mol. The minimum Gasteiger partial charge on any atom is -0.358 e. The Bertz CT molecular complexity index is 1010. The van der Waals surface area contributed by atoms with Gasteiger partial charge in [-0.25, -0.2) is 4.39 Å². The molecule has 2 heterocycles. The normalized spacial score (nSPS) is 17.3. The summed E-state index contributed by atoms with van der Waals surface area (Å²) in [4.78, 5) is 18.3. The van der Waals surface area contributed by atoms with Crippen molar-refractivity contribution in [3.8, 4) is 0 Å². The molecule has 1 amide bonds. The van der Waals surface area contributed by atoms with E-state index in [1.165, 1.54) is 41.1 Å². The molecule has 0 radical (unpaired) electrons. The van der Waals surface area contributed by atoms with Crippen LogP contribution in [0.1, 0.15) is 42.5 Å². The van der Waals surface area contributed by atoms with Gasteiger partial charge in [0.1, 0.15) is 5.82 Å². The Morgan fingerprint density at radius 2 is 2.00 bits per heavy atom. The maximum atomic E-state index is 13.7. The van der Waals surface area contributed by atoms with E-state index in [2.05, 4.69) is 46.4 Å². The van der Waals surface area contributed by atoms with Gasteiger partial charge in [0, 0.05) is 48.2 Å². The number of hydrogen-bond donors (Lipinski definition) is 2. The summed E-state index contributed by atoms with van der Waals surface area (Å²) in [6, 6.07) is 15.1. The zero-order valence-corrected chi connectivity index (χ0v) is 17.6. The second kappa shape index (κ2) is 9.43. The number of aromatic amines is 1. The number of benzene rings is 2. The first-order chi connectivity index (χ1) is 14.6. The van der Waals surface area contributed by atoms with Crippen LogP contribution in [-0.2, 0) is 17.9 Å². The molecule has 158 valence electrons. The summed E-state index contributed by atoms with van der Waals surface area (Å²) in [6.07, 6.45) is 3.72. The average Bonchev–Trinajstić information content (AvgIpc) is 3.07. The van der Waals surface area contributed by atoms with Gasteiger partial charge in [0.05, 0.1) is 0 Å². The number of piperidine rings is 1. The van der Waals surface area contributed by atoms with E-state index in [-0.39, 0.29) is 18.3 Å². The summed E-state index contributed by atoms with van der Waals surface area (Å²) in [6.45, 7) is 5.49. The monoisotopic (exact) mass is 407 g/mol. The second-order valence-electron chi connectivity index (χ2n) is 8.42. The van der Waals surface area contributed by atoms with Crippen molar-refractivity contribution in [2.75, 3.05) is 13.1 Å². The zero-order valence-electron chi connectivity index (χ0n) is 17.6. The van der Waals surface area contributed by atoms with Gasteiger partial charge in [0.15, 0.2) is 0 Å². The lowest BCUT2D eigenvalue weighted by atomic mass is 9.92. The van der Waals surface area contributed by atoms with Crippen LogP contribution in [0.2, 0.25) is 0 Å². The first-order valence-electron chi connectivity index (χ1n) is 10.9. The van der Waals surface area contributed by atoms with Crippen LogP contribution < -0.4 is 5.32 Å². The van der Waals surface area contributed by atoms with E-state index in [9.17, 15) is 9.18 Å². The molecule has 4 nitrogen and oxygen atoms in total. The number of nitrogens with one attached hydrogen (secondary N) is 2. The third-order valence-corrected chi connectivity index (χ3v) is 6.23. The number of aromatic nitrogens is 1. The number of nitrogens with zero attached hydrogens (tertiary/aromatic N) is 1. The van der Waals surface area contributed by atoms with Gasteiger partial charge in [-0.15, -0.1) is 0 Å². The van der Waals surface area contributed by atoms with E-state index < -0.39 is 0 Å². The molecule has 2 aromatic carbocycles. The molecule has 0 aliphatic carbocycles. The van der Waals surface area contributed by atoms with E-state index in [1.807, 2.05) is 0 Å². The number of carbonyl (C=O) groups is 1. The first kappa shape index (κ1) is 20.6. The molecule has 0 saturated carbocycles. The number of halogens is 1. The molecular weight excluding hydrogens is 377 g/mol. The van der Waals surface area contributed by atoms with Crippen molar-refractivity contribution in [3.63, 3.8) is 0 Å². The van der Waals surface area contributed by atoms with Crippen LogP contribution in [0.3, 0.4) is 0 Å². The Morgan fingerprint density at radius 1 is 1.20 bits per heavy atom. The van der Waals surface area contributed by atoms with Crippen LogP contribution in [0, 0.1) is 18.7 Å². The quantitative estimate of drug-likeness (QED) is 0.584. The smallest absolute Gasteiger partial charge is 0.220 e. The lowest BCUT2D eigenvalue weighted by Crippen LogP contribution is -2.35. The van der Waals surface area contributed by atoms with Gasteiger partial charge in [0.2, 0.25) is 5.91 Å². The number of H-pyrrole nitrogens is 1. The molecule has 1 aliphatic rings. The van der Waals surface area contributed by atoms with Crippen molar-refractivity contribution >= 4 is 16.8 Å². The third-order valence-electron chi connectivity index (χ3n) is 6.23. The minimum absolute atomic E-state index is 0.00264. The van der Waals surface area contributed by atoms with Gasteiger partial charge in [0.25, 0.3) is 0 Å². The number of amides is 1. The Labute approximate surface area is 177 Å². The largest absolute Gasteiger partial charge is 0.358 e. The summed E-state index contributed by atoms with van der Waals surface area (Å²) in [7, 11) is 0. The average molecular weight is 408 g/mol. The lowest BCUT2D eigenvalue weighted by Gasteiger charge is -2.32. The number of para-hydroxylation sites is 1. The molecule has 1 aliphatic heterocycles. The Morgan fingerprint density at radius 3 is 2.87 bits per heavy atom. The van der Waals surface area contributed by atoms with E-state index in [0.29, 0.717) is 17.9 Å². The second-order valence-corrected chi connectivity index (χ2v) is 8.42. The number of hydrogen-bond acceptors (Lipinski definition) is 2. The zero-order chi connectivity index (χ0) is 20.9. The van der Waals surface area contributed by atoms with Crippen LogP contribution in [0.4, 0.5) is 4.39 Å². The minimum atomic E-state index is -0.270. The lowest BCUT2D eigenvalue weighted by molar-refractivity contribution is -0.121. The molecule has 3 aromatic rings. The number of fused-ring (bicyclic) bond motifs is 1. The number of aryl methyl sites for hydroxylation is 1. The highest BCUT2D eigenvalue weighted by Crippen LogP contribution is 2.27. The van der Waals surface area contributed by atoms with Crippen LogP contribution in [0.5, 0.6) is 0 Å². The summed E-state index contributed by atoms with van der Waals surface area (Å²) in [5, 5.41) is 4.17. The number of likely N-dealkylation sites (tertiary alicyclic amines) is 1. The molecule has 30 heavy (non-hydrogen) atoms. The summed E-state index contributed by atoms with van der Waals surface area (Å²) >= 11 is 0. The van der Waals surface area contributed by atoms with Gasteiger partial charge >= 0.3 is 0 Å². The maximum absolute atomic E-state index is 13.7. The van der Waals surface area contributed by atoms with Crippen molar-refractivity contribution in [2.24, 2.45) is 5.92 Å². The Kier molecular flexibility index (Phi) is 6.48. The van der Waals surface area contributed by atoms with Gasteiger partial charge < -0.3 is 10.3 Å². The fraction of sp³-hybridized carbons (Fsp3) is 0.400. The van der Waals surface area contributed by atoms with Crippen molar-refractivity contribution in [2.45, 2.75) is 45.7 Å². The highest BCUT2D eigenvalue weighted by Gasteiger charge is 2.22. The van der Waals surface area contributed by atoms with Gasteiger partial charge in [-0.3, -0.25) is 9.69 Å². The van der Waals surface area contributed by atoms with Crippen LogP contribution in [-0.4, -0.2) is 28.9 Å². The van der Waals surface area contributed by atoms with Gasteiger partial charge in [-0.05, 0) is 56.3 Å². The van der Waals surface area contributed by atoms with Crippen molar-refractivity contribution in [1.29, 1.82) is 0 Å². The van der Waals surface area contributed by atoms with Crippen LogP contribution in [0.25, 0.3) is 10.9 Å². The summed E-state index contributed by atoms with van der Waals surface area (Å²) in [5.74, 6) is 0.264. The standard InChI is InChI=1S/C25H30FN3O/c1-18-22(21-9-3-5-11-24(21)28-18)17-29-14-6-7-19(16-29)12-13-25(30)27-15-20-8-2-4-10-23(20)26/h2-5,8-11,19,28H,6-7,12-17H2,1H3,(H,27,30). The fourth-order valence-corrected chi connectivity index (χ4v) is 4.55. The van der Waals surface area contributed by atoms with Crippen molar-refractivity contribution < 1.29 is 9.18 Å². The molecule has 1 unspecified atom stereocenters. The van der Waals surface area contributed by atoms with E-state index in [1.54, 1.807) is 18.2 Å². The SMILES string of the molecule is Cc1[nH]c2ccccc2c1CN1CCCC(CCC(=O)NCc2ccccc2F)C1.